The van der Waals surface area contributed by atoms with Gasteiger partial charge in [0.25, 0.3) is 5.92 Å². The molecule has 0 aromatic heterocycles. The molecule has 1 aromatic rings. The van der Waals surface area contributed by atoms with Gasteiger partial charge in [0, 0.05) is 45.2 Å². The lowest BCUT2D eigenvalue weighted by atomic mass is 9.90. The van der Waals surface area contributed by atoms with Crippen LogP contribution in [-0.4, -0.2) is 84.2 Å². The van der Waals surface area contributed by atoms with Crippen LogP contribution < -0.4 is 0 Å². The second kappa shape index (κ2) is 10.7. The van der Waals surface area contributed by atoms with Gasteiger partial charge in [-0.25, -0.2) is 18.4 Å². The fourth-order valence-electron chi connectivity index (χ4n) is 4.14. The number of rotatable bonds is 5. The smallest absolute Gasteiger partial charge is 0.410 e. The van der Waals surface area contributed by atoms with Gasteiger partial charge in [0.05, 0.1) is 6.54 Å². The number of hydrogen-bond donors (Lipinski definition) is 0. The maximum atomic E-state index is 15.0. The molecule has 0 spiro atoms. The van der Waals surface area contributed by atoms with Crippen LogP contribution in [0.3, 0.4) is 0 Å². The molecule has 0 bridgehead atoms. The van der Waals surface area contributed by atoms with Crippen molar-refractivity contribution in [3.63, 3.8) is 0 Å². The highest BCUT2D eigenvalue weighted by atomic mass is 19.3. The van der Waals surface area contributed by atoms with E-state index < -0.39 is 29.6 Å². The molecule has 9 heteroatoms. The Hall–Kier alpha value is -2.42. The minimum atomic E-state index is -2.85. The number of amides is 2. The van der Waals surface area contributed by atoms with Crippen LogP contribution in [-0.2, 0) is 16.1 Å². The Bertz CT molecular complexity index is 785. The number of likely N-dealkylation sites (tertiary alicyclic amines) is 1. The average molecular weight is 468 g/mol. The second-order valence-corrected chi connectivity index (χ2v) is 9.81. The topological polar surface area (TPSA) is 62.3 Å². The standard InChI is InChI=1S/C24H35F2N3O4/c1-23(2,3)33-22(31)28-11-9-20(10-12-28)24(25,26)18-27-13-15-29(16-14-27)21(30)32-17-19-7-5-4-6-8-19/h4-8,20H,9-18H2,1-3H3. The van der Waals surface area contributed by atoms with Gasteiger partial charge in [0.15, 0.2) is 0 Å². The number of nitrogens with zero attached hydrogens (tertiary/aromatic N) is 3. The van der Waals surface area contributed by atoms with Crippen molar-refractivity contribution in [3.8, 4) is 0 Å². The summed E-state index contributed by atoms with van der Waals surface area (Å²) in [5, 5.41) is 0. The maximum Gasteiger partial charge on any atom is 0.410 e. The van der Waals surface area contributed by atoms with Gasteiger partial charge in [-0.3, -0.25) is 4.90 Å². The zero-order chi connectivity index (χ0) is 24.1. The SMILES string of the molecule is CC(C)(C)OC(=O)N1CCC(C(F)(F)CN2CCN(C(=O)OCc3ccccc3)CC2)CC1. The number of carbonyl (C=O) groups excluding carboxylic acids is 2. The minimum Gasteiger partial charge on any atom is -0.445 e. The monoisotopic (exact) mass is 467 g/mol. The van der Waals surface area contributed by atoms with E-state index in [-0.39, 0.29) is 39.1 Å². The van der Waals surface area contributed by atoms with E-state index in [1.54, 1.807) is 30.6 Å². The van der Waals surface area contributed by atoms with E-state index >= 15 is 0 Å². The first-order chi connectivity index (χ1) is 15.5. The largest absolute Gasteiger partial charge is 0.445 e. The average Bonchev–Trinajstić information content (AvgIpc) is 2.77. The van der Waals surface area contributed by atoms with E-state index in [1.807, 2.05) is 30.3 Å². The lowest BCUT2D eigenvalue weighted by molar-refractivity contribution is -0.103. The van der Waals surface area contributed by atoms with E-state index in [0.717, 1.165) is 5.56 Å². The molecule has 0 N–H and O–H groups in total. The number of benzene rings is 1. The third-order valence-corrected chi connectivity index (χ3v) is 6.01. The van der Waals surface area contributed by atoms with Crippen molar-refractivity contribution in [2.24, 2.45) is 5.92 Å². The molecule has 7 nitrogen and oxygen atoms in total. The summed E-state index contributed by atoms with van der Waals surface area (Å²) in [5.41, 5.74) is 0.301. The van der Waals surface area contributed by atoms with E-state index in [9.17, 15) is 18.4 Å². The van der Waals surface area contributed by atoms with Crippen LogP contribution in [0, 0.1) is 5.92 Å². The first-order valence-corrected chi connectivity index (χ1v) is 11.6. The highest BCUT2D eigenvalue weighted by Crippen LogP contribution is 2.34. The predicted molar refractivity (Wildman–Crippen MR) is 120 cm³/mol. The number of alkyl halides is 2. The molecule has 0 unspecified atom stereocenters. The van der Waals surface area contributed by atoms with Gasteiger partial charge in [-0.15, -0.1) is 0 Å². The highest BCUT2D eigenvalue weighted by molar-refractivity contribution is 5.68. The third kappa shape index (κ3) is 7.55. The lowest BCUT2D eigenvalue weighted by Gasteiger charge is -2.40. The van der Waals surface area contributed by atoms with Crippen molar-refractivity contribution in [3.05, 3.63) is 35.9 Å². The molecule has 2 fully saturated rings. The number of carbonyl (C=O) groups is 2. The Labute approximate surface area is 194 Å². The number of piperazine rings is 1. The van der Waals surface area contributed by atoms with Gasteiger partial charge in [0.1, 0.15) is 12.2 Å². The summed E-state index contributed by atoms with van der Waals surface area (Å²) in [6.07, 6.45) is -0.366. The fraction of sp³-hybridized carbons (Fsp3) is 0.667. The van der Waals surface area contributed by atoms with Crippen molar-refractivity contribution in [2.75, 3.05) is 45.8 Å². The molecule has 0 aliphatic carbocycles. The van der Waals surface area contributed by atoms with Gasteiger partial charge >= 0.3 is 12.2 Å². The number of hydrogen-bond acceptors (Lipinski definition) is 5. The molecule has 0 radical (unpaired) electrons. The van der Waals surface area contributed by atoms with Crippen LogP contribution in [0.2, 0.25) is 0 Å². The van der Waals surface area contributed by atoms with E-state index in [2.05, 4.69) is 0 Å². The molecule has 3 rings (SSSR count). The Kier molecular flexibility index (Phi) is 8.15. The Balaban J connectivity index is 1.39. The Morgan fingerprint density at radius 3 is 2.06 bits per heavy atom. The molecule has 33 heavy (non-hydrogen) atoms. The van der Waals surface area contributed by atoms with Crippen molar-refractivity contribution in [2.45, 2.75) is 51.7 Å². The first kappa shape index (κ1) is 25.2. The molecule has 1 aromatic carbocycles. The quantitative estimate of drug-likeness (QED) is 0.649. The van der Waals surface area contributed by atoms with Gasteiger partial charge in [0.2, 0.25) is 0 Å². The first-order valence-electron chi connectivity index (χ1n) is 11.6. The van der Waals surface area contributed by atoms with Crippen LogP contribution >= 0.6 is 0 Å². The summed E-state index contributed by atoms with van der Waals surface area (Å²) in [5.74, 6) is -3.62. The van der Waals surface area contributed by atoms with Crippen LogP contribution in [0.25, 0.3) is 0 Å². The summed E-state index contributed by atoms with van der Waals surface area (Å²) in [7, 11) is 0. The summed E-state index contributed by atoms with van der Waals surface area (Å²) in [6.45, 7) is 7.25. The van der Waals surface area contributed by atoms with Crippen molar-refractivity contribution >= 4 is 12.2 Å². The maximum absolute atomic E-state index is 15.0. The predicted octanol–water partition coefficient (Wildman–Crippen LogP) is 4.22. The zero-order valence-corrected chi connectivity index (χ0v) is 19.8. The van der Waals surface area contributed by atoms with E-state index in [4.69, 9.17) is 9.47 Å². The van der Waals surface area contributed by atoms with Crippen LogP contribution in [0.15, 0.2) is 30.3 Å². The molecule has 0 atom stereocenters. The molecule has 2 heterocycles. The third-order valence-electron chi connectivity index (χ3n) is 6.01. The van der Waals surface area contributed by atoms with Gasteiger partial charge in [-0.1, -0.05) is 30.3 Å². The van der Waals surface area contributed by atoms with Crippen LogP contribution in [0.4, 0.5) is 18.4 Å². The van der Waals surface area contributed by atoms with E-state index in [0.29, 0.717) is 26.2 Å². The molecule has 0 saturated carbocycles. The molecule has 2 aliphatic rings. The molecule has 184 valence electrons. The number of piperidine rings is 1. The van der Waals surface area contributed by atoms with Crippen LogP contribution in [0.5, 0.6) is 0 Å². The molecule has 2 amide bonds. The number of halogens is 2. The fourth-order valence-corrected chi connectivity index (χ4v) is 4.14. The number of ether oxygens (including phenoxy) is 2. The summed E-state index contributed by atoms with van der Waals surface area (Å²) in [6, 6.07) is 9.41. The van der Waals surface area contributed by atoms with Gasteiger partial charge in [-0.05, 0) is 39.2 Å². The molecule has 2 aliphatic heterocycles. The molecular weight excluding hydrogens is 432 g/mol. The van der Waals surface area contributed by atoms with Crippen molar-refractivity contribution in [1.29, 1.82) is 0 Å². The highest BCUT2D eigenvalue weighted by Gasteiger charge is 2.43. The van der Waals surface area contributed by atoms with Gasteiger partial charge < -0.3 is 19.3 Å². The lowest BCUT2D eigenvalue weighted by Crippen LogP contribution is -2.54. The summed E-state index contributed by atoms with van der Waals surface area (Å²) >= 11 is 0. The molecule has 2 saturated heterocycles. The Morgan fingerprint density at radius 1 is 0.909 bits per heavy atom. The zero-order valence-electron chi connectivity index (χ0n) is 19.8. The molecular formula is C24H35F2N3O4. The van der Waals surface area contributed by atoms with E-state index in [1.165, 1.54) is 4.90 Å². The van der Waals surface area contributed by atoms with Crippen molar-refractivity contribution < 1.29 is 27.8 Å². The van der Waals surface area contributed by atoms with Crippen molar-refractivity contribution in [1.82, 2.24) is 14.7 Å². The minimum absolute atomic E-state index is 0.194. The summed E-state index contributed by atoms with van der Waals surface area (Å²) < 4.78 is 40.6. The van der Waals surface area contributed by atoms with Gasteiger partial charge in [-0.2, -0.15) is 0 Å². The van der Waals surface area contributed by atoms with Crippen LogP contribution in [0.1, 0.15) is 39.2 Å². The normalized spacial score (nSPS) is 18.8. The Morgan fingerprint density at radius 2 is 1.48 bits per heavy atom. The summed E-state index contributed by atoms with van der Waals surface area (Å²) in [4.78, 5) is 29.2. The second-order valence-electron chi connectivity index (χ2n) is 9.81.